The van der Waals surface area contributed by atoms with Gasteiger partial charge in [0.2, 0.25) is 0 Å². The summed E-state index contributed by atoms with van der Waals surface area (Å²) < 4.78 is 0. The third-order valence-electron chi connectivity index (χ3n) is 3.61. The predicted molar refractivity (Wildman–Crippen MR) is 75.8 cm³/mol. The van der Waals surface area contributed by atoms with Crippen LogP contribution in [0.2, 0.25) is 0 Å². The summed E-state index contributed by atoms with van der Waals surface area (Å²) in [5.74, 6) is 0. The standard InChI is InChI=1S/C14H23N3O2/c15-13-3-1-2-12(10-13)14(19)11-17-6-4-16(5-7-17)8-9-18/h1-3,10,14,18-19H,4-9,11,15H2. The van der Waals surface area contributed by atoms with E-state index in [0.29, 0.717) is 12.2 Å². The van der Waals surface area contributed by atoms with Crippen molar-refractivity contribution in [2.45, 2.75) is 6.10 Å². The van der Waals surface area contributed by atoms with E-state index in [4.69, 9.17) is 10.8 Å². The number of piperazine rings is 1. The van der Waals surface area contributed by atoms with Crippen molar-refractivity contribution < 1.29 is 10.2 Å². The van der Waals surface area contributed by atoms with Gasteiger partial charge in [-0.2, -0.15) is 0 Å². The lowest BCUT2D eigenvalue weighted by Crippen LogP contribution is -2.48. The molecule has 1 aromatic carbocycles. The van der Waals surface area contributed by atoms with Crippen LogP contribution in [-0.4, -0.2) is 65.9 Å². The zero-order chi connectivity index (χ0) is 13.7. The van der Waals surface area contributed by atoms with Crippen LogP contribution in [0.5, 0.6) is 0 Å². The fraction of sp³-hybridized carbons (Fsp3) is 0.571. The van der Waals surface area contributed by atoms with Crippen molar-refractivity contribution in [2.24, 2.45) is 0 Å². The zero-order valence-corrected chi connectivity index (χ0v) is 11.2. The number of anilines is 1. The molecule has 2 rings (SSSR count). The van der Waals surface area contributed by atoms with Crippen molar-refractivity contribution in [1.82, 2.24) is 9.80 Å². The molecule has 1 heterocycles. The number of nitrogens with zero attached hydrogens (tertiary/aromatic N) is 2. The number of nitrogen functional groups attached to an aromatic ring is 1. The molecule has 0 saturated carbocycles. The van der Waals surface area contributed by atoms with Crippen molar-refractivity contribution in [2.75, 3.05) is 51.6 Å². The molecule has 1 fully saturated rings. The lowest BCUT2D eigenvalue weighted by Gasteiger charge is -2.35. The SMILES string of the molecule is Nc1cccc(C(O)CN2CCN(CCO)CC2)c1. The van der Waals surface area contributed by atoms with Gasteiger partial charge in [0.25, 0.3) is 0 Å². The maximum atomic E-state index is 10.2. The van der Waals surface area contributed by atoms with Crippen LogP contribution in [0.25, 0.3) is 0 Å². The van der Waals surface area contributed by atoms with Gasteiger partial charge >= 0.3 is 0 Å². The van der Waals surface area contributed by atoms with Gasteiger partial charge in [-0.1, -0.05) is 12.1 Å². The Morgan fingerprint density at radius 1 is 1.16 bits per heavy atom. The highest BCUT2D eigenvalue weighted by Gasteiger charge is 2.19. The Bertz CT molecular complexity index is 392. The first kappa shape index (κ1) is 14.3. The molecule has 1 atom stereocenters. The van der Waals surface area contributed by atoms with Gasteiger partial charge < -0.3 is 15.9 Å². The highest BCUT2D eigenvalue weighted by molar-refractivity contribution is 5.41. The molecular formula is C14H23N3O2. The quantitative estimate of drug-likeness (QED) is 0.649. The topological polar surface area (TPSA) is 73.0 Å². The monoisotopic (exact) mass is 265 g/mol. The molecule has 0 aliphatic carbocycles. The van der Waals surface area contributed by atoms with Gasteiger partial charge in [0.15, 0.2) is 0 Å². The Kier molecular flexibility index (Phi) is 5.15. The Balaban J connectivity index is 1.82. The first-order valence-corrected chi connectivity index (χ1v) is 6.78. The normalized spacial score (nSPS) is 19.5. The molecule has 4 N–H and O–H groups in total. The zero-order valence-electron chi connectivity index (χ0n) is 11.2. The van der Waals surface area contributed by atoms with E-state index in [1.807, 2.05) is 24.3 Å². The molecule has 1 unspecified atom stereocenters. The van der Waals surface area contributed by atoms with E-state index in [-0.39, 0.29) is 6.61 Å². The van der Waals surface area contributed by atoms with E-state index >= 15 is 0 Å². The second kappa shape index (κ2) is 6.86. The van der Waals surface area contributed by atoms with Gasteiger partial charge in [-0.3, -0.25) is 9.80 Å². The third-order valence-corrected chi connectivity index (χ3v) is 3.61. The van der Waals surface area contributed by atoms with Gasteiger partial charge in [0.05, 0.1) is 12.7 Å². The second-order valence-electron chi connectivity index (χ2n) is 5.05. The smallest absolute Gasteiger partial charge is 0.0917 e. The molecule has 106 valence electrons. The largest absolute Gasteiger partial charge is 0.399 e. The van der Waals surface area contributed by atoms with Crippen molar-refractivity contribution in [1.29, 1.82) is 0 Å². The summed E-state index contributed by atoms with van der Waals surface area (Å²) in [7, 11) is 0. The number of hydrogen-bond acceptors (Lipinski definition) is 5. The number of aliphatic hydroxyl groups is 2. The van der Waals surface area contributed by atoms with Crippen molar-refractivity contribution in [3.63, 3.8) is 0 Å². The van der Waals surface area contributed by atoms with E-state index < -0.39 is 6.10 Å². The third kappa shape index (κ3) is 4.18. The molecular weight excluding hydrogens is 242 g/mol. The number of benzene rings is 1. The van der Waals surface area contributed by atoms with Crippen LogP contribution in [0.15, 0.2) is 24.3 Å². The first-order valence-electron chi connectivity index (χ1n) is 6.78. The minimum Gasteiger partial charge on any atom is -0.399 e. The van der Waals surface area contributed by atoms with E-state index in [9.17, 15) is 5.11 Å². The molecule has 1 aliphatic heterocycles. The van der Waals surface area contributed by atoms with Crippen molar-refractivity contribution >= 4 is 5.69 Å². The molecule has 1 saturated heterocycles. The van der Waals surface area contributed by atoms with Gasteiger partial charge in [0, 0.05) is 45.0 Å². The Hall–Kier alpha value is -1.14. The summed E-state index contributed by atoms with van der Waals surface area (Å²) >= 11 is 0. The van der Waals surface area contributed by atoms with Crippen LogP contribution in [0.4, 0.5) is 5.69 Å². The average Bonchev–Trinajstić information content (AvgIpc) is 2.41. The molecule has 0 spiro atoms. The van der Waals surface area contributed by atoms with Gasteiger partial charge in [0.1, 0.15) is 0 Å². The minimum atomic E-state index is -0.493. The fourth-order valence-corrected chi connectivity index (χ4v) is 2.45. The predicted octanol–water partition coefficient (Wildman–Crippen LogP) is -0.0879. The van der Waals surface area contributed by atoms with Crippen LogP contribution in [-0.2, 0) is 0 Å². The highest BCUT2D eigenvalue weighted by atomic mass is 16.3. The molecule has 0 aromatic heterocycles. The average molecular weight is 265 g/mol. The first-order chi connectivity index (χ1) is 9.19. The number of aliphatic hydroxyl groups excluding tert-OH is 2. The number of rotatable bonds is 5. The summed E-state index contributed by atoms with van der Waals surface area (Å²) in [5, 5.41) is 19.1. The van der Waals surface area contributed by atoms with Gasteiger partial charge in [-0.15, -0.1) is 0 Å². The van der Waals surface area contributed by atoms with Crippen LogP contribution in [0, 0.1) is 0 Å². The van der Waals surface area contributed by atoms with E-state index in [1.54, 1.807) is 0 Å². The Morgan fingerprint density at radius 3 is 2.47 bits per heavy atom. The summed E-state index contributed by atoms with van der Waals surface area (Å²) in [6, 6.07) is 7.42. The molecule has 0 amide bonds. The Labute approximate surface area is 114 Å². The highest BCUT2D eigenvalue weighted by Crippen LogP contribution is 2.17. The van der Waals surface area contributed by atoms with Crippen LogP contribution in [0.3, 0.4) is 0 Å². The molecule has 5 heteroatoms. The Morgan fingerprint density at radius 2 is 1.84 bits per heavy atom. The van der Waals surface area contributed by atoms with E-state index in [2.05, 4.69) is 9.80 Å². The molecule has 5 nitrogen and oxygen atoms in total. The molecule has 1 aromatic rings. The van der Waals surface area contributed by atoms with Crippen LogP contribution in [0.1, 0.15) is 11.7 Å². The van der Waals surface area contributed by atoms with E-state index in [1.165, 1.54) is 0 Å². The second-order valence-corrected chi connectivity index (χ2v) is 5.05. The summed E-state index contributed by atoms with van der Waals surface area (Å²) in [5.41, 5.74) is 7.28. The van der Waals surface area contributed by atoms with Crippen molar-refractivity contribution in [3.8, 4) is 0 Å². The van der Waals surface area contributed by atoms with E-state index in [0.717, 1.165) is 38.3 Å². The number of hydrogen-bond donors (Lipinski definition) is 3. The summed E-state index contributed by atoms with van der Waals surface area (Å²) in [6.07, 6.45) is -0.493. The molecule has 0 bridgehead atoms. The summed E-state index contributed by atoms with van der Waals surface area (Å²) in [4.78, 5) is 4.49. The maximum Gasteiger partial charge on any atom is 0.0917 e. The lowest BCUT2D eigenvalue weighted by molar-refractivity contribution is 0.0661. The van der Waals surface area contributed by atoms with Crippen LogP contribution >= 0.6 is 0 Å². The number of β-amino-alcohol motifs (C(OH)–C–C–N with tert-alkyl or cyclic N) is 2. The molecule has 1 aliphatic rings. The summed E-state index contributed by atoms with van der Waals surface area (Å²) in [6.45, 7) is 5.35. The van der Waals surface area contributed by atoms with Gasteiger partial charge in [-0.05, 0) is 17.7 Å². The van der Waals surface area contributed by atoms with Gasteiger partial charge in [-0.25, -0.2) is 0 Å². The van der Waals surface area contributed by atoms with Crippen LogP contribution < -0.4 is 5.73 Å². The lowest BCUT2D eigenvalue weighted by atomic mass is 10.1. The maximum absolute atomic E-state index is 10.2. The fourth-order valence-electron chi connectivity index (χ4n) is 2.45. The number of nitrogens with two attached hydrogens (primary N) is 1. The van der Waals surface area contributed by atoms with Crippen molar-refractivity contribution in [3.05, 3.63) is 29.8 Å². The molecule has 0 radical (unpaired) electrons. The minimum absolute atomic E-state index is 0.214. The molecule has 19 heavy (non-hydrogen) atoms.